The van der Waals surface area contributed by atoms with Crippen LogP contribution in [0.4, 0.5) is 0 Å². The lowest BCUT2D eigenvalue weighted by molar-refractivity contribution is -0.143. The van der Waals surface area contributed by atoms with Crippen LogP contribution in [0, 0.1) is 0 Å². The van der Waals surface area contributed by atoms with Crippen molar-refractivity contribution in [3.63, 3.8) is 0 Å². The molecule has 0 atom stereocenters. The van der Waals surface area contributed by atoms with E-state index in [1.807, 2.05) is 0 Å². The van der Waals surface area contributed by atoms with Crippen molar-refractivity contribution in [2.45, 2.75) is 58.3 Å². The summed E-state index contributed by atoms with van der Waals surface area (Å²) in [4.78, 5) is 11.1. The van der Waals surface area contributed by atoms with Crippen LogP contribution >= 0.6 is 12.6 Å². The van der Waals surface area contributed by atoms with E-state index < -0.39 is 0 Å². The van der Waals surface area contributed by atoms with Crippen LogP contribution in [0.25, 0.3) is 0 Å². The second-order valence-electron chi connectivity index (χ2n) is 3.82. The van der Waals surface area contributed by atoms with E-state index in [4.69, 9.17) is 4.74 Å². The van der Waals surface area contributed by atoms with E-state index in [-0.39, 0.29) is 5.97 Å². The van der Waals surface area contributed by atoms with Crippen LogP contribution in [-0.4, -0.2) is 18.3 Å². The van der Waals surface area contributed by atoms with Gasteiger partial charge in [0.25, 0.3) is 0 Å². The van der Waals surface area contributed by atoms with Crippen LogP contribution in [0.2, 0.25) is 0 Å². The lowest BCUT2D eigenvalue weighted by Gasteiger charge is -2.03. The predicted octanol–water partition coefficient (Wildman–Crippen LogP) is 3.60. The van der Waals surface area contributed by atoms with Crippen molar-refractivity contribution in [1.82, 2.24) is 0 Å². The Morgan fingerprint density at radius 1 is 1.07 bits per heavy atom. The van der Waals surface area contributed by atoms with Gasteiger partial charge in [0.15, 0.2) is 0 Å². The molecule has 0 radical (unpaired) electrons. The van der Waals surface area contributed by atoms with Crippen molar-refractivity contribution in [2.24, 2.45) is 0 Å². The number of esters is 1. The predicted molar refractivity (Wildman–Crippen MR) is 67.4 cm³/mol. The minimum Gasteiger partial charge on any atom is -0.466 e. The van der Waals surface area contributed by atoms with Gasteiger partial charge in [-0.25, -0.2) is 0 Å². The molecular formula is C12H24O2S. The Hall–Kier alpha value is -0.180. The van der Waals surface area contributed by atoms with Gasteiger partial charge < -0.3 is 4.74 Å². The fourth-order valence-corrected chi connectivity index (χ4v) is 1.52. The third-order valence-electron chi connectivity index (χ3n) is 2.30. The smallest absolute Gasteiger partial charge is 0.305 e. The van der Waals surface area contributed by atoms with Crippen molar-refractivity contribution in [2.75, 3.05) is 12.4 Å². The van der Waals surface area contributed by atoms with Gasteiger partial charge in [-0.05, 0) is 18.6 Å². The summed E-state index contributed by atoms with van der Waals surface area (Å²) in [5.74, 6) is 0.684. The Kier molecular flexibility index (Phi) is 11.7. The molecule has 0 amide bonds. The lowest BCUT2D eigenvalue weighted by atomic mass is 10.1. The van der Waals surface area contributed by atoms with Crippen LogP contribution in [0.3, 0.4) is 0 Å². The highest BCUT2D eigenvalue weighted by atomic mass is 32.1. The highest BCUT2D eigenvalue weighted by Gasteiger charge is 2.00. The number of ether oxygens (including phenoxy) is 1. The Balaban J connectivity index is 3.06. The summed E-state index contributed by atoms with van der Waals surface area (Å²) in [6, 6.07) is 0. The molecule has 15 heavy (non-hydrogen) atoms. The van der Waals surface area contributed by atoms with Crippen molar-refractivity contribution in [1.29, 1.82) is 0 Å². The van der Waals surface area contributed by atoms with Crippen LogP contribution in [0.1, 0.15) is 58.3 Å². The van der Waals surface area contributed by atoms with E-state index in [9.17, 15) is 4.79 Å². The Morgan fingerprint density at radius 2 is 1.73 bits per heavy atom. The standard InChI is InChI=1S/C12H24O2S/c1-2-3-4-5-6-7-10-14-12(13)9-8-11-15/h15H,2-11H2,1H3. The summed E-state index contributed by atoms with van der Waals surface area (Å²) in [5.41, 5.74) is 0. The van der Waals surface area contributed by atoms with Crippen LogP contribution < -0.4 is 0 Å². The van der Waals surface area contributed by atoms with E-state index in [2.05, 4.69) is 19.6 Å². The average molecular weight is 232 g/mol. The van der Waals surface area contributed by atoms with E-state index in [0.717, 1.165) is 18.6 Å². The van der Waals surface area contributed by atoms with Gasteiger partial charge in [-0.1, -0.05) is 39.0 Å². The number of rotatable bonds is 10. The van der Waals surface area contributed by atoms with Gasteiger partial charge in [-0.15, -0.1) is 0 Å². The first kappa shape index (κ1) is 14.8. The number of hydrogen-bond acceptors (Lipinski definition) is 3. The van der Waals surface area contributed by atoms with Gasteiger partial charge in [-0.2, -0.15) is 12.6 Å². The van der Waals surface area contributed by atoms with E-state index in [1.165, 1.54) is 32.1 Å². The second kappa shape index (κ2) is 11.9. The monoisotopic (exact) mass is 232 g/mol. The van der Waals surface area contributed by atoms with E-state index in [1.54, 1.807) is 0 Å². The molecule has 0 bridgehead atoms. The molecular weight excluding hydrogens is 208 g/mol. The third-order valence-corrected chi connectivity index (χ3v) is 2.62. The zero-order chi connectivity index (χ0) is 11.4. The minimum absolute atomic E-state index is 0.0717. The summed E-state index contributed by atoms with van der Waals surface area (Å²) >= 11 is 4.04. The van der Waals surface area contributed by atoms with Crippen molar-refractivity contribution < 1.29 is 9.53 Å². The maximum atomic E-state index is 11.1. The maximum Gasteiger partial charge on any atom is 0.305 e. The molecule has 0 saturated heterocycles. The van der Waals surface area contributed by atoms with Gasteiger partial charge in [0, 0.05) is 6.42 Å². The molecule has 0 aromatic rings. The fraction of sp³-hybridized carbons (Fsp3) is 0.917. The molecule has 3 heteroatoms. The lowest BCUT2D eigenvalue weighted by Crippen LogP contribution is -2.05. The SMILES string of the molecule is CCCCCCCCOC(=O)CCCS. The summed E-state index contributed by atoms with van der Waals surface area (Å²) in [6.07, 6.45) is 8.69. The molecule has 0 aliphatic heterocycles. The number of carbonyl (C=O) groups excluding carboxylic acids is 1. The van der Waals surface area contributed by atoms with Crippen LogP contribution in [0.5, 0.6) is 0 Å². The molecule has 0 saturated carbocycles. The van der Waals surface area contributed by atoms with Gasteiger partial charge in [0.2, 0.25) is 0 Å². The van der Waals surface area contributed by atoms with E-state index >= 15 is 0 Å². The molecule has 90 valence electrons. The minimum atomic E-state index is -0.0717. The topological polar surface area (TPSA) is 26.3 Å². The molecule has 0 fully saturated rings. The van der Waals surface area contributed by atoms with Crippen molar-refractivity contribution in [3.05, 3.63) is 0 Å². The summed E-state index contributed by atoms with van der Waals surface area (Å²) < 4.78 is 5.08. The Morgan fingerprint density at radius 3 is 2.40 bits per heavy atom. The Bertz CT molecular complexity index is 149. The maximum absolute atomic E-state index is 11.1. The van der Waals surface area contributed by atoms with E-state index in [0.29, 0.717) is 13.0 Å². The molecule has 0 spiro atoms. The number of unbranched alkanes of at least 4 members (excludes halogenated alkanes) is 5. The van der Waals surface area contributed by atoms with Crippen molar-refractivity contribution >= 4 is 18.6 Å². The van der Waals surface area contributed by atoms with Gasteiger partial charge in [-0.3, -0.25) is 4.79 Å². The first-order valence-electron chi connectivity index (χ1n) is 6.07. The molecule has 0 heterocycles. The first-order valence-corrected chi connectivity index (χ1v) is 6.71. The molecule has 0 aromatic carbocycles. The van der Waals surface area contributed by atoms with Gasteiger partial charge in [0.05, 0.1) is 6.61 Å². The molecule has 0 aliphatic rings. The highest BCUT2D eigenvalue weighted by molar-refractivity contribution is 7.80. The second-order valence-corrected chi connectivity index (χ2v) is 4.26. The highest BCUT2D eigenvalue weighted by Crippen LogP contribution is 2.05. The molecule has 0 aliphatic carbocycles. The summed E-state index contributed by atoms with van der Waals surface area (Å²) in [7, 11) is 0. The zero-order valence-electron chi connectivity index (χ0n) is 9.83. The Labute approximate surface area is 99.2 Å². The molecule has 0 unspecified atom stereocenters. The van der Waals surface area contributed by atoms with Gasteiger partial charge >= 0.3 is 5.97 Å². The largest absolute Gasteiger partial charge is 0.466 e. The molecule has 2 nitrogen and oxygen atoms in total. The number of thiol groups is 1. The van der Waals surface area contributed by atoms with Crippen molar-refractivity contribution in [3.8, 4) is 0 Å². The number of hydrogen-bond donors (Lipinski definition) is 1. The van der Waals surface area contributed by atoms with Crippen LogP contribution in [0.15, 0.2) is 0 Å². The zero-order valence-corrected chi connectivity index (χ0v) is 10.7. The number of carbonyl (C=O) groups is 1. The average Bonchev–Trinajstić information content (AvgIpc) is 2.25. The first-order chi connectivity index (χ1) is 7.31. The normalized spacial score (nSPS) is 10.3. The summed E-state index contributed by atoms with van der Waals surface area (Å²) in [6.45, 7) is 2.81. The molecule has 0 aromatic heterocycles. The molecule has 0 N–H and O–H groups in total. The van der Waals surface area contributed by atoms with Crippen LogP contribution in [-0.2, 0) is 9.53 Å². The molecule has 0 rings (SSSR count). The van der Waals surface area contributed by atoms with Gasteiger partial charge in [0.1, 0.15) is 0 Å². The fourth-order valence-electron chi connectivity index (χ4n) is 1.36. The summed E-state index contributed by atoms with van der Waals surface area (Å²) in [5, 5.41) is 0. The quantitative estimate of drug-likeness (QED) is 0.354. The third kappa shape index (κ3) is 11.7.